The summed E-state index contributed by atoms with van der Waals surface area (Å²) in [7, 11) is 0. The minimum atomic E-state index is -1.15. The number of ether oxygens (including phenoxy) is 2. The van der Waals surface area contributed by atoms with Gasteiger partial charge >= 0.3 is 0 Å². The predicted molar refractivity (Wildman–Crippen MR) is 32.6 cm³/mol. The van der Waals surface area contributed by atoms with Gasteiger partial charge in [-0.15, -0.1) is 0 Å². The lowest BCUT2D eigenvalue weighted by Crippen LogP contribution is -2.53. The van der Waals surface area contributed by atoms with E-state index >= 15 is 0 Å². The van der Waals surface area contributed by atoms with Crippen molar-refractivity contribution in [2.24, 2.45) is 0 Å². The largest absolute Gasteiger partial charge is 0.387 e. The van der Waals surface area contributed by atoms with Crippen molar-refractivity contribution in [2.75, 3.05) is 6.61 Å². The molecule has 5 nitrogen and oxygen atoms in total. The number of fused-ring (bicyclic) bond motifs is 2. The van der Waals surface area contributed by atoms with Gasteiger partial charge in [0.25, 0.3) is 0 Å². The van der Waals surface area contributed by atoms with Crippen LogP contribution in [0.5, 0.6) is 0 Å². The Morgan fingerprint density at radius 1 is 1.00 bits per heavy atom. The van der Waals surface area contributed by atoms with Crippen molar-refractivity contribution in [3.8, 4) is 0 Å². The molecule has 2 aliphatic rings. The first-order chi connectivity index (χ1) is 5.20. The molecule has 0 radical (unpaired) electrons. The van der Waals surface area contributed by atoms with E-state index in [4.69, 9.17) is 14.6 Å². The van der Waals surface area contributed by atoms with Crippen molar-refractivity contribution in [3.05, 3.63) is 0 Å². The fourth-order valence-corrected chi connectivity index (χ4v) is 1.38. The Bertz CT molecular complexity index is 141. The molecule has 0 unspecified atom stereocenters. The Kier molecular flexibility index (Phi) is 1.62. The lowest BCUT2D eigenvalue weighted by molar-refractivity contribution is -0.228. The molecule has 3 N–H and O–H groups in total. The third-order valence-corrected chi connectivity index (χ3v) is 2.09. The Hall–Kier alpha value is -0.200. The van der Waals surface area contributed by atoms with Crippen LogP contribution in [0.25, 0.3) is 0 Å². The Morgan fingerprint density at radius 3 is 2.45 bits per heavy atom. The summed E-state index contributed by atoms with van der Waals surface area (Å²) in [4.78, 5) is 0. The molecule has 0 aromatic heterocycles. The summed E-state index contributed by atoms with van der Waals surface area (Å²) < 4.78 is 9.95. The second kappa shape index (κ2) is 2.40. The number of aliphatic hydroxyl groups is 3. The quantitative estimate of drug-likeness (QED) is 0.377. The van der Waals surface area contributed by atoms with Gasteiger partial charge in [-0.25, -0.2) is 0 Å². The topological polar surface area (TPSA) is 79.2 Å². The van der Waals surface area contributed by atoms with Gasteiger partial charge in [0.2, 0.25) is 0 Å². The molecule has 5 heteroatoms. The molecular formula is C6H10O5. The molecule has 11 heavy (non-hydrogen) atoms. The maximum absolute atomic E-state index is 9.22. The van der Waals surface area contributed by atoms with Crippen molar-refractivity contribution in [3.63, 3.8) is 0 Å². The molecule has 2 rings (SSSR count). The molecule has 0 amide bonds. The van der Waals surface area contributed by atoms with Gasteiger partial charge < -0.3 is 24.8 Å². The maximum Gasteiger partial charge on any atom is 0.186 e. The van der Waals surface area contributed by atoms with E-state index in [0.717, 1.165) is 0 Å². The molecule has 2 saturated heterocycles. The van der Waals surface area contributed by atoms with Crippen molar-refractivity contribution in [1.29, 1.82) is 0 Å². The van der Waals surface area contributed by atoms with Crippen LogP contribution in [0.15, 0.2) is 0 Å². The Morgan fingerprint density at radius 2 is 1.73 bits per heavy atom. The minimum absolute atomic E-state index is 0.236. The number of rotatable bonds is 0. The van der Waals surface area contributed by atoms with Crippen LogP contribution < -0.4 is 0 Å². The average Bonchev–Trinajstić information content (AvgIpc) is 2.44. The number of aliphatic hydroxyl groups excluding tert-OH is 3. The van der Waals surface area contributed by atoms with E-state index < -0.39 is 30.7 Å². The molecule has 2 heterocycles. The standard InChI is InChI=1S/C6H10O5/c7-3-2-1-10-6(11-2)5(9)4(3)8/h2-9H,1H2/t2-,3+,4+,5+,6-/m0/s1. The first-order valence-electron chi connectivity index (χ1n) is 3.51. The summed E-state index contributed by atoms with van der Waals surface area (Å²) in [6.45, 7) is 0.236. The summed E-state index contributed by atoms with van der Waals surface area (Å²) in [6.07, 6.45) is -4.58. The Labute approximate surface area is 63.2 Å². The van der Waals surface area contributed by atoms with Gasteiger partial charge in [0, 0.05) is 0 Å². The monoisotopic (exact) mass is 162 g/mol. The molecule has 0 aliphatic carbocycles. The lowest BCUT2D eigenvalue weighted by atomic mass is 10.0. The van der Waals surface area contributed by atoms with Gasteiger partial charge in [0.1, 0.15) is 24.4 Å². The Balaban J connectivity index is 2.16. The molecule has 2 fully saturated rings. The summed E-state index contributed by atoms with van der Waals surface area (Å²) in [6, 6.07) is 0. The second-order valence-corrected chi connectivity index (χ2v) is 2.85. The van der Waals surface area contributed by atoms with Crippen molar-refractivity contribution >= 4 is 0 Å². The van der Waals surface area contributed by atoms with Crippen LogP contribution in [0.1, 0.15) is 0 Å². The fraction of sp³-hybridized carbons (Fsp3) is 1.00. The summed E-state index contributed by atoms with van der Waals surface area (Å²) in [5.41, 5.74) is 0. The zero-order valence-electron chi connectivity index (χ0n) is 5.75. The minimum Gasteiger partial charge on any atom is -0.387 e. The van der Waals surface area contributed by atoms with E-state index in [1.807, 2.05) is 0 Å². The molecular weight excluding hydrogens is 152 g/mol. The van der Waals surface area contributed by atoms with E-state index in [-0.39, 0.29) is 6.61 Å². The fourth-order valence-electron chi connectivity index (χ4n) is 1.38. The SMILES string of the molecule is O[C@H]1[C@@H](O)[C@H]2OC[C@H](O2)[C@H]1O. The first kappa shape index (κ1) is 7.45. The third kappa shape index (κ3) is 0.969. The van der Waals surface area contributed by atoms with Crippen LogP contribution in [0, 0.1) is 0 Å². The zero-order chi connectivity index (χ0) is 8.01. The highest BCUT2D eigenvalue weighted by molar-refractivity contribution is 4.92. The summed E-state index contributed by atoms with van der Waals surface area (Å²) in [5, 5.41) is 27.6. The van der Waals surface area contributed by atoms with Crippen LogP contribution in [0.3, 0.4) is 0 Å². The van der Waals surface area contributed by atoms with E-state index in [0.29, 0.717) is 0 Å². The van der Waals surface area contributed by atoms with Crippen LogP contribution in [0.4, 0.5) is 0 Å². The van der Waals surface area contributed by atoms with Gasteiger partial charge in [-0.05, 0) is 0 Å². The highest BCUT2D eigenvalue weighted by atomic mass is 16.7. The van der Waals surface area contributed by atoms with Crippen molar-refractivity contribution < 1.29 is 24.8 Å². The van der Waals surface area contributed by atoms with Gasteiger partial charge in [0.15, 0.2) is 6.29 Å². The lowest BCUT2D eigenvalue weighted by Gasteiger charge is -2.32. The van der Waals surface area contributed by atoms with E-state index in [1.54, 1.807) is 0 Å². The highest BCUT2D eigenvalue weighted by Gasteiger charge is 2.48. The highest BCUT2D eigenvalue weighted by Crippen LogP contribution is 2.27. The van der Waals surface area contributed by atoms with Gasteiger partial charge in [0.05, 0.1) is 6.61 Å². The smallest absolute Gasteiger partial charge is 0.186 e. The average molecular weight is 162 g/mol. The van der Waals surface area contributed by atoms with Crippen molar-refractivity contribution in [1.82, 2.24) is 0 Å². The van der Waals surface area contributed by atoms with E-state index in [1.165, 1.54) is 0 Å². The van der Waals surface area contributed by atoms with Crippen LogP contribution in [0.2, 0.25) is 0 Å². The second-order valence-electron chi connectivity index (χ2n) is 2.85. The summed E-state index contributed by atoms with van der Waals surface area (Å²) >= 11 is 0. The molecule has 0 saturated carbocycles. The molecule has 2 bridgehead atoms. The van der Waals surface area contributed by atoms with Crippen LogP contribution >= 0.6 is 0 Å². The van der Waals surface area contributed by atoms with Gasteiger partial charge in [-0.2, -0.15) is 0 Å². The zero-order valence-corrected chi connectivity index (χ0v) is 5.75. The predicted octanol–water partition coefficient (Wildman–Crippen LogP) is -2.18. The molecule has 0 aromatic carbocycles. The van der Waals surface area contributed by atoms with E-state index in [9.17, 15) is 10.2 Å². The van der Waals surface area contributed by atoms with E-state index in [2.05, 4.69) is 0 Å². The molecule has 2 aliphatic heterocycles. The molecule has 64 valence electrons. The maximum atomic E-state index is 9.22. The first-order valence-corrected chi connectivity index (χ1v) is 3.51. The van der Waals surface area contributed by atoms with Gasteiger partial charge in [-0.3, -0.25) is 0 Å². The number of hydrogen-bond donors (Lipinski definition) is 3. The third-order valence-electron chi connectivity index (χ3n) is 2.09. The number of hydrogen-bond acceptors (Lipinski definition) is 5. The molecule has 5 atom stereocenters. The van der Waals surface area contributed by atoms with Crippen LogP contribution in [-0.4, -0.2) is 52.6 Å². The van der Waals surface area contributed by atoms with Crippen molar-refractivity contribution in [2.45, 2.75) is 30.7 Å². The van der Waals surface area contributed by atoms with Crippen LogP contribution in [-0.2, 0) is 9.47 Å². The molecule has 0 aromatic rings. The molecule has 0 spiro atoms. The normalized spacial score (nSPS) is 56.5. The van der Waals surface area contributed by atoms with Gasteiger partial charge in [-0.1, -0.05) is 0 Å². The summed E-state index contributed by atoms with van der Waals surface area (Å²) in [5.74, 6) is 0.